The molecule has 2 aromatic rings. The number of sulfone groups is 1. The molecule has 202 valence electrons. The van der Waals surface area contributed by atoms with Gasteiger partial charge in [-0.25, -0.2) is 8.42 Å². The Morgan fingerprint density at radius 2 is 1.73 bits per heavy atom. The molecule has 1 amide bonds. The molecule has 0 aromatic heterocycles. The number of morpholine rings is 1. The van der Waals surface area contributed by atoms with Crippen molar-refractivity contribution < 1.29 is 27.9 Å². The van der Waals surface area contributed by atoms with E-state index in [-0.39, 0.29) is 5.75 Å². The SMILES string of the molecule is CCCC(CS(=O)(=O)C(C)(C)C)N1C(=O)[C@@H](CC(=O)O)O[C@H](c2cccc(Cl)c2)[C@H]1c1ccc(Cl)cc1. The third-order valence-corrected chi connectivity index (χ3v) is 9.71. The van der Waals surface area contributed by atoms with E-state index in [0.29, 0.717) is 34.0 Å². The highest BCUT2D eigenvalue weighted by Crippen LogP contribution is 2.45. The van der Waals surface area contributed by atoms with Crippen LogP contribution in [-0.4, -0.2) is 52.9 Å². The van der Waals surface area contributed by atoms with E-state index < -0.39 is 57.2 Å². The number of carboxylic acid groups (broad SMARTS) is 1. The van der Waals surface area contributed by atoms with Gasteiger partial charge < -0.3 is 14.7 Å². The number of nitrogens with zero attached hydrogens (tertiary/aromatic N) is 1. The molecule has 7 nitrogen and oxygen atoms in total. The quantitative estimate of drug-likeness (QED) is 0.405. The Balaban J connectivity index is 2.24. The standard InChI is InChI=1S/C27H33Cl2NO6S/c1-5-7-21(16-37(34,35)27(2,3)4)30-24(17-10-12-19(28)13-11-17)25(18-8-6-9-20(29)14-18)36-22(26(30)33)15-23(31)32/h6,8-14,21-22,24-25H,5,7,15-16H2,1-4H3,(H,31,32)/t21?,22-,24-,25-/m1/s1. The Bertz CT molecular complexity index is 1230. The Hall–Kier alpha value is -2.13. The fraction of sp³-hybridized carbons (Fsp3) is 0.481. The number of carbonyl (C=O) groups is 2. The van der Waals surface area contributed by atoms with Crippen LogP contribution in [0, 0.1) is 0 Å². The van der Waals surface area contributed by atoms with Crippen molar-refractivity contribution in [3.63, 3.8) is 0 Å². The maximum absolute atomic E-state index is 13.9. The number of aliphatic carboxylic acids is 1. The van der Waals surface area contributed by atoms with E-state index in [1.165, 1.54) is 0 Å². The molecule has 0 radical (unpaired) electrons. The van der Waals surface area contributed by atoms with Crippen LogP contribution in [0.2, 0.25) is 10.0 Å². The van der Waals surface area contributed by atoms with Crippen LogP contribution in [0.15, 0.2) is 48.5 Å². The minimum Gasteiger partial charge on any atom is -0.481 e. The van der Waals surface area contributed by atoms with Gasteiger partial charge in [-0.05, 0) is 62.6 Å². The maximum atomic E-state index is 13.9. The number of hydrogen-bond donors (Lipinski definition) is 1. The number of carbonyl (C=O) groups excluding carboxylic acids is 1. The second-order valence-electron chi connectivity index (χ2n) is 10.3. The highest BCUT2D eigenvalue weighted by Gasteiger charge is 2.48. The molecule has 1 N–H and O–H groups in total. The van der Waals surface area contributed by atoms with Crippen molar-refractivity contribution in [2.45, 2.75) is 76.0 Å². The van der Waals surface area contributed by atoms with E-state index in [0.717, 1.165) is 0 Å². The Morgan fingerprint density at radius 1 is 1.08 bits per heavy atom. The summed E-state index contributed by atoms with van der Waals surface area (Å²) in [6, 6.07) is 12.5. The number of benzene rings is 2. The van der Waals surface area contributed by atoms with Crippen molar-refractivity contribution >= 4 is 44.9 Å². The summed E-state index contributed by atoms with van der Waals surface area (Å²) in [6.45, 7) is 6.81. The van der Waals surface area contributed by atoms with Gasteiger partial charge in [-0.1, -0.05) is 60.8 Å². The number of amides is 1. The topological polar surface area (TPSA) is 101 Å². The average Bonchev–Trinajstić information content (AvgIpc) is 2.79. The first-order valence-corrected chi connectivity index (χ1v) is 14.6. The second-order valence-corrected chi connectivity index (χ2v) is 13.9. The molecule has 0 aliphatic carbocycles. The summed E-state index contributed by atoms with van der Waals surface area (Å²) >= 11 is 12.4. The third-order valence-electron chi connectivity index (χ3n) is 6.54. The number of ether oxygens (including phenoxy) is 1. The summed E-state index contributed by atoms with van der Waals surface area (Å²) in [4.78, 5) is 27.1. The lowest BCUT2D eigenvalue weighted by atomic mass is 9.89. The minimum absolute atomic E-state index is 0.262. The summed E-state index contributed by atoms with van der Waals surface area (Å²) in [5, 5.41) is 10.5. The van der Waals surface area contributed by atoms with Gasteiger partial charge in [-0.15, -0.1) is 0 Å². The zero-order chi connectivity index (χ0) is 27.5. The summed E-state index contributed by atoms with van der Waals surface area (Å²) in [5.41, 5.74) is 1.33. The molecule has 2 aromatic carbocycles. The van der Waals surface area contributed by atoms with Gasteiger partial charge in [-0.2, -0.15) is 0 Å². The lowest BCUT2D eigenvalue weighted by molar-refractivity contribution is -0.182. The molecule has 0 spiro atoms. The molecular weight excluding hydrogens is 537 g/mol. The number of hydrogen-bond acceptors (Lipinski definition) is 5. The van der Waals surface area contributed by atoms with E-state index in [1.807, 2.05) is 6.92 Å². The van der Waals surface area contributed by atoms with Crippen LogP contribution in [-0.2, 0) is 24.2 Å². The number of rotatable bonds is 9. The summed E-state index contributed by atoms with van der Waals surface area (Å²) < 4.78 is 31.8. The Labute approximate surface area is 228 Å². The highest BCUT2D eigenvalue weighted by molar-refractivity contribution is 7.92. The van der Waals surface area contributed by atoms with Crippen LogP contribution >= 0.6 is 23.2 Å². The van der Waals surface area contributed by atoms with Crippen LogP contribution in [0.5, 0.6) is 0 Å². The lowest BCUT2D eigenvalue weighted by Gasteiger charge is -2.48. The first kappa shape index (κ1) is 29.4. The molecule has 1 unspecified atom stereocenters. The molecule has 1 saturated heterocycles. The van der Waals surface area contributed by atoms with E-state index in [4.69, 9.17) is 27.9 Å². The molecular formula is C27H33Cl2NO6S. The van der Waals surface area contributed by atoms with E-state index in [2.05, 4.69) is 0 Å². The Kier molecular flexibility index (Phi) is 9.32. The zero-order valence-corrected chi connectivity index (χ0v) is 23.7. The number of halogens is 2. The molecule has 37 heavy (non-hydrogen) atoms. The first-order chi connectivity index (χ1) is 17.2. The molecule has 3 rings (SSSR count). The van der Waals surface area contributed by atoms with Crippen LogP contribution in [0.3, 0.4) is 0 Å². The van der Waals surface area contributed by atoms with Crippen LogP contribution in [0.1, 0.15) is 70.2 Å². The molecule has 1 heterocycles. The van der Waals surface area contributed by atoms with Gasteiger partial charge in [0.1, 0.15) is 12.2 Å². The molecule has 0 bridgehead atoms. The van der Waals surface area contributed by atoms with Gasteiger partial charge in [0, 0.05) is 16.1 Å². The normalized spacial score (nSPS) is 21.6. The third kappa shape index (κ3) is 6.85. The highest BCUT2D eigenvalue weighted by atomic mass is 35.5. The monoisotopic (exact) mass is 569 g/mol. The summed E-state index contributed by atoms with van der Waals surface area (Å²) in [5.74, 6) is -2.01. The van der Waals surface area contributed by atoms with Crippen molar-refractivity contribution in [3.05, 3.63) is 69.7 Å². The summed E-state index contributed by atoms with van der Waals surface area (Å²) in [6.07, 6.45) is -1.61. The fourth-order valence-electron chi connectivity index (χ4n) is 4.54. The molecule has 1 fully saturated rings. The fourth-order valence-corrected chi connectivity index (χ4v) is 6.20. The smallest absolute Gasteiger partial charge is 0.306 e. The van der Waals surface area contributed by atoms with Gasteiger partial charge in [0.25, 0.3) is 5.91 Å². The van der Waals surface area contributed by atoms with Gasteiger partial charge in [-0.3, -0.25) is 9.59 Å². The van der Waals surface area contributed by atoms with Crippen molar-refractivity contribution in [1.82, 2.24) is 4.90 Å². The van der Waals surface area contributed by atoms with Gasteiger partial charge in [0.15, 0.2) is 9.84 Å². The van der Waals surface area contributed by atoms with E-state index in [9.17, 15) is 23.1 Å². The molecule has 1 aliphatic heterocycles. The van der Waals surface area contributed by atoms with Gasteiger partial charge in [0.05, 0.1) is 23.0 Å². The minimum atomic E-state index is -3.63. The average molecular weight is 571 g/mol. The predicted octanol–water partition coefficient (Wildman–Crippen LogP) is 5.86. The largest absolute Gasteiger partial charge is 0.481 e. The van der Waals surface area contributed by atoms with Crippen molar-refractivity contribution in [2.75, 3.05) is 5.75 Å². The molecule has 1 aliphatic rings. The van der Waals surface area contributed by atoms with Crippen molar-refractivity contribution in [1.29, 1.82) is 0 Å². The van der Waals surface area contributed by atoms with Crippen molar-refractivity contribution in [2.24, 2.45) is 0 Å². The van der Waals surface area contributed by atoms with Crippen LogP contribution in [0.4, 0.5) is 0 Å². The van der Waals surface area contributed by atoms with Gasteiger partial charge in [0.2, 0.25) is 0 Å². The Morgan fingerprint density at radius 3 is 2.27 bits per heavy atom. The van der Waals surface area contributed by atoms with Gasteiger partial charge >= 0.3 is 5.97 Å². The van der Waals surface area contributed by atoms with Crippen LogP contribution in [0.25, 0.3) is 0 Å². The molecule has 0 saturated carbocycles. The number of carboxylic acids is 1. The lowest BCUT2D eigenvalue weighted by Crippen LogP contribution is -2.57. The van der Waals surface area contributed by atoms with Crippen molar-refractivity contribution in [3.8, 4) is 0 Å². The van der Waals surface area contributed by atoms with Crippen LogP contribution < -0.4 is 0 Å². The maximum Gasteiger partial charge on any atom is 0.306 e. The first-order valence-electron chi connectivity index (χ1n) is 12.2. The predicted molar refractivity (Wildman–Crippen MR) is 145 cm³/mol. The van der Waals surface area contributed by atoms with E-state index in [1.54, 1.807) is 74.2 Å². The second kappa shape index (κ2) is 11.7. The molecule has 4 atom stereocenters. The zero-order valence-electron chi connectivity index (χ0n) is 21.4. The van der Waals surface area contributed by atoms with E-state index >= 15 is 0 Å². The molecule has 10 heteroatoms. The summed E-state index contributed by atoms with van der Waals surface area (Å²) in [7, 11) is -3.63.